The van der Waals surface area contributed by atoms with Crippen LogP contribution in [-0.2, 0) is 19.1 Å². The first-order valence-corrected chi connectivity index (χ1v) is 20.4. The molecule has 2 rings (SSSR count). The zero-order valence-electron chi connectivity index (χ0n) is 32.0. The topological polar surface area (TPSA) is 87.6 Å². The Hall–Kier alpha value is -2.26. The van der Waals surface area contributed by atoms with Gasteiger partial charge in [0.15, 0.2) is 0 Å². The first-order valence-electron chi connectivity index (χ1n) is 19.7. The van der Waals surface area contributed by atoms with Crippen molar-refractivity contribution in [3.8, 4) is 5.88 Å². The number of hydrogen-bond acceptors (Lipinski definition) is 8. The second kappa shape index (κ2) is 24.8. The Bertz CT molecular complexity index is 1110. The van der Waals surface area contributed by atoms with E-state index in [4.69, 9.17) is 14.2 Å². The van der Waals surface area contributed by atoms with E-state index in [9.17, 15) is 9.59 Å². The minimum atomic E-state index is -0.374. The molecule has 0 radical (unpaired) electrons. The molecule has 0 aliphatic carbocycles. The van der Waals surface area contributed by atoms with E-state index in [2.05, 4.69) is 35.4 Å². The maximum atomic E-state index is 12.7. The predicted octanol–water partition coefficient (Wildman–Crippen LogP) is 11.1. The van der Waals surface area contributed by atoms with E-state index in [1.54, 1.807) is 0 Å². The highest BCUT2D eigenvalue weighted by Gasteiger charge is 2.35. The lowest BCUT2D eigenvalue weighted by Gasteiger charge is -2.36. The lowest BCUT2D eigenvalue weighted by atomic mass is 10.0. The first-order chi connectivity index (χ1) is 23.5. The Morgan fingerprint density at radius 1 is 0.776 bits per heavy atom. The number of aromatic nitrogens is 2. The zero-order chi connectivity index (χ0) is 35.8. The standard InChI is InChI=1S/C40H70N3O5S/c1-7-8-9-26-32-46-39-38(41-49-42-39)35-28-27-31-43(6,33-35)34(2)47-36(44)29-24-22-20-18-16-14-12-10-11-13-15-17-19-21-23-25-30-37(45)48-40(3,4)5/h28H,2,7-27,29-33H2,1,3-6H3/q+1. The molecule has 0 bridgehead atoms. The van der Waals surface area contributed by atoms with Crippen molar-refractivity contribution in [2.24, 2.45) is 0 Å². The maximum absolute atomic E-state index is 12.7. The van der Waals surface area contributed by atoms with E-state index in [0.717, 1.165) is 62.8 Å². The number of carbonyl (C=O) groups is 2. The summed E-state index contributed by atoms with van der Waals surface area (Å²) in [5.41, 5.74) is 1.53. The van der Waals surface area contributed by atoms with Gasteiger partial charge in [-0.3, -0.25) is 14.1 Å². The van der Waals surface area contributed by atoms with E-state index in [1.165, 1.54) is 102 Å². The molecule has 9 heteroatoms. The SMILES string of the molecule is C=C(OC(=O)CCCCCCCCCCCCCCCCCCC(=O)OC(C)(C)C)[N+]1(C)CCC=C(c2nsnc2OCCCCCC)C1. The molecule has 0 N–H and O–H groups in total. The average molecular weight is 705 g/mol. The van der Waals surface area contributed by atoms with Crippen molar-refractivity contribution >= 4 is 29.2 Å². The van der Waals surface area contributed by atoms with Gasteiger partial charge in [0, 0.05) is 31.4 Å². The molecule has 0 saturated heterocycles. The van der Waals surface area contributed by atoms with Crippen LogP contribution >= 0.6 is 11.7 Å². The van der Waals surface area contributed by atoms with Crippen LogP contribution in [0.5, 0.6) is 5.88 Å². The zero-order valence-corrected chi connectivity index (χ0v) is 32.8. The number of nitrogens with zero attached hydrogens (tertiary/aromatic N) is 3. The largest absolute Gasteiger partial charge is 0.475 e. The highest BCUT2D eigenvalue weighted by Crippen LogP contribution is 2.32. The molecule has 0 aromatic carbocycles. The van der Waals surface area contributed by atoms with Gasteiger partial charge in [-0.05, 0) is 40.0 Å². The smallest absolute Gasteiger partial charge is 0.314 e. The van der Waals surface area contributed by atoms with Crippen molar-refractivity contribution in [2.75, 3.05) is 26.7 Å². The second-order valence-electron chi connectivity index (χ2n) is 15.2. The van der Waals surface area contributed by atoms with Gasteiger partial charge in [0.25, 0.3) is 11.8 Å². The monoisotopic (exact) mass is 705 g/mol. The minimum Gasteiger partial charge on any atom is -0.475 e. The fraction of sp³-hybridized carbons (Fsp3) is 0.800. The number of esters is 2. The molecule has 1 aromatic heterocycles. The van der Waals surface area contributed by atoms with Crippen LogP contribution in [0.25, 0.3) is 5.57 Å². The number of likely N-dealkylation sites (N-methyl/N-ethyl adjacent to an activating group) is 1. The number of hydrogen-bond donors (Lipinski definition) is 0. The Morgan fingerprint density at radius 2 is 1.29 bits per heavy atom. The van der Waals surface area contributed by atoms with Crippen LogP contribution in [0.4, 0.5) is 0 Å². The van der Waals surface area contributed by atoms with Crippen LogP contribution in [0.15, 0.2) is 18.5 Å². The molecule has 1 aliphatic heterocycles. The van der Waals surface area contributed by atoms with Gasteiger partial charge in [-0.2, -0.15) is 4.37 Å². The molecule has 0 saturated carbocycles. The molecule has 1 unspecified atom stereocenters. The van der Waals surface area contributed by atoms with E-state index in [1.807, 2.05) is 20.8 Å². The minimum absolute atomic E-state index is 0.0664. The van der Waals surface area contributed by atoms with Gasteiger partial charge < -0.3 is 14.2 Å². The Morgan fingerprint density at radius 3 is 1.82 bits per heavy atom. The quantitative estimate of drug-likeness (QED) is 0.0371. The predicted molar refractivity (Wildman–Crippen MR) is 202 cm³/mol. The highest BCUT2D eigenvalue weighted by atomic mass is 32.1. The van der Waals surface area contributed by atoms with Crippen molar-refractivity contribution in [3.05, 3.63) is 24.2 Å². The van der Waals surface area contributed by atoms with Gasteiger partial charge in [-0.1, -0.05) is 122 Å². The van der Waals surface area contributed by atoms with Crippen molar-refractivity contribution in [2.45, 2.75) is 181 Å². The van der Waals surface area contributed by atoms with Crippen molar-refractivity contribution in [1.29, 1.82) is 0 Å². The summed E-state index contributed by atoms with van der Waals surface area (Å²) in [5.74, 6) is 0.883. The third-order valence-electron chi connectivity index (χ3n) is 9.30. The fourth-order valence-corrected chi connectivity index (χ4v) is 6.83. The molecule has 1 atom stereocenters. The highest BCUT2D eigenvalue weighted by molar-refractivity contribution is 6.99. The lowest BCUT2D eigenvalue weighted by molar-refractivity contribution is -0.879. The molecular formula is C40H70N3O5S+. The molecule has 0 spiro atoms. The van der Waals surface area contributed by atoms with Crippen LogP contribution in [0.3, 0.4) is 0 Å². The van der Waals surface area contributed by atoms with Crippen LogP contribution < -0.4 is 4.74 Å². The lowest BCUT2D eigenvalue weighted by Crippen LogP contribution is -2.47. The summed E-state index contributed by atoms with van der Waals surface area (Å²) < 4.78 is 26.5. The number of ether oxygens (including phenoxy) is 3. The molecule has 2 heterocycles. The number of rotatable bonds is 28. The molecule has 280 valence electrons. The van der Waals surface area contributed by atoms with Crippen molar-refractivity contribution in [1.82, 2.24) is 8.75 Å². The summed E-state index contributed by atoms with van der Waals surface area (Å²) in [6.45, 7) is 14.3. The Kier molecular flexibility index (Phi) is 21.7. The van der Waals surface area contributed by atoms with E-state index >= 15 is 0 Å². The van der Waals surface area contributed by atoms with Gasteiger partial charge in [-0.25, -0.2) is 0 Å². The normalized spacial score (nSPS) is 16.3. The third-order valence-corrected chi connectivity index (χ3v) is 9.81. The van der Waals surface area contributed by atoms with Gasteiger partial charge >= 0.3 is 11.9 Å². The average Bonchev–Trinajstić information content (AvgIpc) is 3.52. The number of quaternary nitrogens is 1. The summed E-state index contributed by atoms with van der Waals surface area (Å²) in [5, 5.41) is 0. The first kappa shape index (κ1) is 42.9. The molecule has 8 nitrogen and oxygen atoms in total. The van der Waals surface area contributed by atoms with Gasteiger partial charge in [0.2, 0.25) is 0 Å². The molecular weight excluding hydrogens is 635 g/mol. The summed E-state index contributed by atoms with van der Waals surface area (Å²) >= 11 is 1.18. The van der Waals surface area contributed by atoms with Crippen molar-refractivity contribution < 1.29 is 28.3 Å². The number of unbranched alkanes of at least 4 members (excludes halogenated alkanes) is 18. The fourth-order valence-electron chi connectivity index (χ4n) is 6.30. The van der Waals surface area contributed by atoms with Crippen LogP contribution in [0.1, 0.15) is 181 Å². The molecule has 1 aliphatic rings. The van der Waals surface area contributed by atoms with Gasteiger partial charge in [-0.15, -0.1) is 4.37 Å². The van der Waals surface area contributed by atoms with Crippen molar-refractivity contribution in [3.63, 3.8) is 0 Å². The van der Waals surface area contributed by atoms with Crippen LogP contribution in [-0.4, -0.2) is 57.5 Å². The number of carbonyl (C=O) groups excluding carboxylic acids is 2. The summed E-state index contributed by atoms with van der Waals surface area (Å²) in [6, 6.07) is 0. The van der Waals surface area contributed by atoms with Crippen LogP contribution in [0, 0.1) is 0 Å². The summed E-state index contributed by atoms with van der Waals surface area (Å²) in [7, 11) is 2.08. The molecule has 0 fully saturated rings. The summed E-state index contributed by atoms with van der Waals surface area (Å²) in [4.78, 5) is 24.4. The third kappa shape index (κ3) is 19.6. The molecule has 49 heavy (non-hydrogen) atoms. The Balaban J connectivity index is 1.44. The maximum Gasteiger partial charge on any atom is 0.314 e. The molecule has 0 amide bonds. The van der Waals surface area contributed by atoms with Gasteiger partial charge in [0.05, 0.1) is 31.9 Å². The van der Waals surface area contributed by atoms with E-state index in [-0.39, 0.29) is 17.5 Å². The molecule has 1 aromatic rings. The van der Waals surface area contributed by atoms with Gasteiger partial charge in [0.1, 0.15) is 17.8 Å². The second-order valence-corrected chi connectivity index (χ2v) is 15.8. The van der Waals surface area contributed by atoms with E-state index < -0.39 is 0 Å². The van der Waals surface area contributed by atoms with E-state index in [0.29, 0.717) is 42.2 Å². The Labute approximate surface area is 303 Å². The summed E-state index contributed by atoms with van der Waals surface area (Å²) in [6.07, 6.45) is 28.2. The van der Waals surface area contributed by atoms with Crippen LogP contribution in [0.2, 0.25) is 0 Å².